The Labute approximate surface area is 188 Å². The second kappa shape index (κ2) is 10.1. The smallest absolute Gasteiger partial charge is 0.251 e. The summed E-state index contributed by atoms with van der Waals surface area (Å²) in [5, 5.41) is 24.8. The average Bonchev–Trinajstić information content (AvgIpc) is 3.15. The normalized spacial score (nSPS) is 11.7. The van der Waals surface area contributed by atoms with Gasteiger partial charge in [-0.25, -0.2) is 4.98 Å². The Morgan fingerprint density at radius 2 is 1.72 bits per heavy atom. The van der Waals surface area contributed by atoms with Gasteiger partial charge in [-0.15, -0.1) is 0 Å². The first-order valence-corrected chi connectivity index (χ1v) is 10.9. The summed E-state index contributed by atoms with van der Waals surface area (Å²) in [7, 11) is 0. The molecule has 0 bridgehead atoms. The van der Waals surface area contributed by atoms with Crippen LogP contribution in [0.5, 0.6) is 11.5 Å². The Morgan fingerprint density at radius 3 is 2.38 bits per heavy atom. The summed E-state index contributed by atoms with van der Waals surface area (Å²) in [5.74, 6) is -1.95. The number of thiazole rings is 1. The number of hydrogen-bond donors (Lipinski definition) is 4. The standard InChI is InChI=1S/C22H24N4O5S/c1-3-26(4-2)19(29)11-15(23-20(30)13-8-6-5-7-9-13)21(31)25-22-24-14-10-16(27)17(28)12-18(14)32-22/h5-10,12,15,27-28H,3-4,11H2,1-2H3,(H,23,30)(H,24,25,31)/t15-/m0/s1. The highest BCUT2D eigenvalue weighted by Crippen LogP contribution is 2.34. The summed E-state index contributed by atoms with van der Waals surface area (Å²) in [5.41, 5.74) is 0.760. The molecule has 0 aliphatic heterocycles. The van der Waals surface area contributed by atoms with E-state index in [4.69, 9.17) is 0 Å². The third-order valence-electron chi connectivity index (χ3n) is 4.87. The van der Waals surface area contributed by atoms with Gasteiger partial charge in [0, 0.05) is 30.8 Å². The lowest BCUT2D eigenvalue weighted by molar-refractivity contribution is -0.133. The SMILES string of the molecule is CCN(CC)C(=O)C[C@H](NC(=O)c1ccccc1)C(=O)Nc1nc2cc(O)c(O)cc2s1. The van der Waals surface area contributed by atoms with Gasteiger partial charge in [-0.2, -0.15) is 0 Å². The molecule has 1 atom stereocenters. The van der Waals surface area contributed by atoms with Gasteiger partial charge in [0.2, 0.25) is 11.8 Å². The Bertz CT molecular complexity index is 1090. The molecule has 3 rings (SSSR count). The number of fused-ring (bicyclic) bond motifs is 1. The van der Waals surface area contributed by atoms with E-state index in [1.54, 1.807) is 35.2 Å². The number of anilines is 1. The van der Waals surface area contributed by atoms with E-state index in [0.717, 1.165) is 11.3 Å². The second-order valence-electron chi connectivity index (χ2n) is 6.98. The topological polar surface area (TPSA) is 132 Å². The van der Waals surface area contributed by atoms with Gasteiger partial charge in [0.15, 0.2) is 16.6 Å². The van der Waals surface area contributed by atoms with Crippen LogP contribution in [0.15, 0.2) is 42.5 Å². The van der Waals surface area contributed by atoms with E-state index < -0.39 is 17.9 Å². The molecule has 168 valence electrons. The highest BCUT2D eigenvalue weighted by Gasteiger charge is 2.27. The van der Waals surface area contributed by atoms with Crippen LogP contribution in [0, 0.1) is 0 Å². The van der Waals surface area contributed by atoms with Gasteiger partial charge in [0.1, 0.15) is 6.04 Å². The van der Waals surface area contributed by atoms with E-state index in [2.05, 4.69) is 15.6 Å². The number of aromatic nitrogens is 1. The van der Waals surface area contributed by atoms with Gasteiger partial charge < -0.3 is 25.7 Å². The lowest BCUT2D eigenvalue weighted by Gasteiger charge is -2.23. The summed E-state index contributed by atoms with van der Waals surface area (Å²) in [6, 6.07) is 9.92. The van der Waals surface area contributed by atoms with Crippen LogP contribution < -0.4 is 10.6 Å². The molecule has 10 heteroatoms. The molecular weight excluding hydrogens is 432 g/mol. The number of aromatic hydroxyl groups is 2. The number of phenolic OH excluding ortho intramolecular Hbond substituents is 2. The molecule has 2 aromatic carbocycles. The van der Waals surface area contributed by atoms with E-state index in [1.807, 2.05) is 13.8 Å². The minimum Gasteiger partial charge on any atom is -0.504 e. The van der Waals surface area contributed by atoms with Crippen molar-refractivity contribution >= 4 is 44.4 Å². The van der Waals surface area contributed by atoms with E-state index in [1.165, 1.54) is 12.1 Å². The number of amides is 3. The third kappa shape index (κ3) is 5.33. The number of carbonyl (C=O) groups excluding carboxylic acids is 3. The highest BCUT2D eigenvalue weighted by atomic mass is 32.1. The molecule has 32 heavy (non-hydrogen) atoms. The maximum absolute atomic E-state index is 13.0. The van der Waals surface area contributed by atoms with E-state index in [9.17, 15) is 24.6 Å². The number of carbonyl (C=O) groups is 3. The minimum absolute atomic E-state index is 0.210. The number of rotatable bonds is 8. The van der Waals surface area contributed by atoms with Crippen LogP contribution in [0.4, 0.5) is 5.13 Å². The van der Waals surface area contributed by atoms with Crippen molar-refractivity contribution in [1.29, 1.82) is 0 Å². The number of benzene rings is 2. The molecule has 0 radical (unpaired) electrons. The van der Waals surface area contributed by atoms with Crippen LogP contribution in [-0.4, -0.2) is 56.9 Å². The van der Waals surface area contributed by atoms with E-state index in [-0.39, 0.29) is 29.0 Å². The zero-order valence-electron chi connectivity index (χ0n) is 17.7. The summed E-state index contributed by atoms with van der Waals surface area (Å²) >= 11 is 1.09. The van der Waals surface area contributed by atoms with Crippen LogP contribution in [0.2, 0.25) is 0 Å². The molecule has 4 N–H and O–H groups in total. The average molecular weight is 457 g/mol. The fourth-order valence-electron chi connectivity index (χ4n) is 3.12. The first kappa shape index (κ1) is 23.0. The van der Waals surface area contributed by atoms with Gasteiger partial charge in [-0.1, -0.05) is 29.5 Å². The molecule has 0 aliphatic carbocycles. The molecule has 0 unspecified atom stereocenters. The van der Waals surface area contributed by atoms with Gasteiger partial charge in [-0.3, -0.25) is 14.4 Å². The molecule has 3 amide bonds. The molecule has 0 aliphatic rings. The molecule has 0 saturated carbocycles. The number of nitrogens with zero attached hydrogens (tertiary/aromatic N) is 2. The first-order chi connectivity index (χ1) is 15.3. The van der Waals surface area contributed by atoms with Crippen molar-refractivity contribution in [2.45, 2.75) is 26.3 Å². The lowest BCUT2D eigenvalue weighted by atomic mass is 10.1. The van der Waals surface area contributed by atoms with Crippen LogP contribution >= 0.6 is 11.3 Å². The second-order valence-corrected chi connectivity index (χ2v) is 8.01. The van der Waals surface area contributed by atoms with Crippen molar-refractivity contribution in [3.05, 3.63) is 48.0 Å². The molecule has 1 heterocycles. The molecule has 0 spiro atoms. The summed E-state index contributed by atoms with van der Waals surface area (Å²) < 4.78 is 0.555. The maximum atomic E-state index is 13.0. The Hall–Kier alpha value is -3.66. The van der Waals surface area contributed by atoms with Crippen molar-refractivity contribution < 1.29 is 24.6 Å². The fourth-order valence-corrected chi connectivity index (χ4v) is 4.00. The van der Waals surface area contributed by atoms with E-state index in [0.29, 0.717) is 28.9 Å². The monoisotopic (exact) mass is 456 g/mol. The Morgan fingerprint density at radius 1 is 1.06 bits per heavy atom. The van der Waals surface area contributed by atoms with Gasteiger partial charge in [0.05, 0.1) is 16.6 Å². The molecule has 0 saturated heterocycles. The number of phenols is 2. The number of nitrogens with one attached hydrogen (secondary N) is 2. The molecule has 0 fully saturated rings. The van der Waals surface area contributed by atoms with Gasteiger partial charge in [0.25, 0.3) is 5.91 Å². The van der Waals surface area contributed by atoms with Crippen LogP contribution in [0.3, 0.4) is 0 Å². The predicted molar refractivity (Wildman–Crippen MR) is 122 cm³/mol. The van der Waals surface area contributed by atoms with Crippen LogP contribution in [0.1, 0.15) is 30.6 Å². The molecular formula is C22H24N4O5S. The molecule has 3 aromatic rings. The van der Waals surface area contributed by atoms with Crippen LogP contribution in [-0.2, 0) is 9.59 Å². The highest BCUT2D eigenvalue weighted by molar-refractivity contribution is 7.22. The summed E-state index contributed by atoms with van der Waals surface area (Å²) in [4.78, 5) is 44.1. The molecule has 9 nitrogen and oxygen atoms in total. The largest absolute Gasteiger partial charge is 0.504 e. The van der Waals surface area contributed by atoms with Crippen molar-refractivity contribution in [1.82, 2.24) is 15.2 Å². The number of hydrogen-bond acceptors (Lipinski definition) is 7. The van der Waals surface area contributed by atoms with Gasteiger partial charge in [-0.05, 0) is 26.0 Å². The van der Waals surface area contributed by atoms with Crippen molar-refractivity contribution in [3.8, 4) is 11.5 Å². The first-order valence-electron chi connectivity index (χ1n) is 10.1. The Kier molecular flexibility index (Phi) is 7.26. The van der Waals surface area contributed by atoms with Gasteiger partial charge >= 0.3 is 0 Å². The fraction of sp³-hybridized carbons (Fsp3) is 0.273. The minimum atomic E-state index is -1.12. The van der Waals surface area contributed by atoms with Crippen molar-refractivity contribution in [2.24, 2.45) is 0 Å². The summed E-state index contributed by atoms with van der Waals surface area (Å²) in [6.07, 6.45) is -0.210. The lowest BCUT2D eigenvalue weighted by Crippen LogP contribution is -2.47. The third-order valence-corrected chi connectivity index (χ3v) is 5.80. The predicted octanol–water partition coefficient (Wildman–Crippen LogP) is 2.70. The summed E-state index contributed by atoms with van der Waals surface area (Å²) in [6.45, 7) is 4.65. The van der Waals surface area contributed by atoms with Crippen molar-refractivity contribution in [3.63, 3.8) is 0 Å². The van der Waals surface area contributed by atoms with Crippen LogP contribution in [0.25, 0.3) is 10.2 Å². The quantitative estimate of drug-likeness (QED) is 0.385. The molecule has 1 aromatic heterocycles. The van der Waals surface area contributed by atoms with E-state index >= 15 is 0 Å². The van der Waals surface area contributed by atoms with Crippen molar-refractivity contribution in [2.75, 3.05) is 18.4 Å². The maximum Gasteiger partial charge on any atom is 0.251 e. The zero-order chi connectivity index (χ0) is 23.3. The Balaban J connectivity index is 1.81. The zero-order valence-corrected chi connectivity index (χ0v) is 18.5.